The molecule has 0 aliphatic carbocycles. The summed E-state index contributed by atoms with van der Waals surface area (Å²) in [4.78, 5) is 11.5. The van der Waals surface area contributed by atoms with Crippen LogP contribution in [-0.2, 0) is 16.0 Å². The van der Waals surface area contributed by atoms with Crippen molar-refractivity contribution in [2.75, 3.05) is 13.7 Å². The Balaban J connectivity index is 2.37. The lowest BCUT2D eigenvalue weighted by molar-refractivity contribution is -0.142. The molecule has 0 saturated carbocycles. The monoisotopic (exact) mass is 264 g/mol. The number of rotatable bonds is 4. The molecule has 2 rings (SSSR count). The third kappa shape index (κ3) is 2.34. The molecule has 3 nitrogen and oxygen atoms in total. The van der Waals surface area contributed by atoms with Crippen LogP contribution in [0.3, 0.4) is 0 Å². The van der Waals surface area contributed by atoms with Crippen LogP contribution in [0.15, 0.2) is 17.5 Å². The first-order chi connectivity index (χ1) is 8.67. The maximum atomic E-state index is 11.5. The molecule has 0 radical (unpaired) electrons. The van der Waals surface area contributed by atoms with Crippen LogP contribution in [0, 0.1) is 6.92 Å². The highest BCUT2D eigenvalue weighted by Gasteiger charge is 2.12. The van der Waals surface area contributed by atoms with Crippen LogP contribution in [0.2, 0.25) is 0 Å². The normalized spacial score (nSPS) is 10.6. The third-order valence-corrected chi connectivity index (χ3v) is 4.05. The summed E-state index contributed by atoms with van der Waals surface area (Å²) in [6, 6.07) is 3.95. The van der Waals surface area contributed by atoms with Gasteiger partial charge in [-0.05, 0) is 42.3 Å². The number of esters is 1. The molecule has 0 N–H and O–H groups in total. The van der Waals surface area contributed by atoms with Crippen molar-refractivity contribution < 1.29 is 14.3 Å². The van der Waals surface area contributed by atoms with E-state index >= 15 is 0 Å². The molecule has 4 heteroatoms. The van der Waals surface area contributed by atoms with Crippen molar-refractivity contribution in [3.8, 4) is 5.75 Å². The molecule has 1 heterocycles. The summed E-state index contributed by atoms with van der Waals surface area (Å²) < 4.78 is 11.5. The molecule has 2 aromatic rings. The first kappa shape index (κ1) is 12.9. The Labute approximate surface area is 110 Å². The molecular formula is C14H16O3S. The Morgan fingerprint density at radius 1 is 1.39 bits per heavy atom. The standard InChI is InChI=1S/C14H16O3S/c1-4-17-13(15)7-10-8-18-14-9(2)12(16-3)6-5-11(10)14/h5-6,8H,4,7H2,1-3H3. The van der Waals surface area contributed by atoms with E-state index in [4.69, 9.17) is 9.47 Å². The van der Waals surface area contributed by atoms with Gasteiger partial charge in [-0.1, -0.05) is 0 Å². The van der Waals surface area contributed by atoms with E-state index in [-0.39, 0.29) is 5.97 Å². The van der Waals surface area contributed by atoms with Crippen molar-refractivity contribution in [1.82, 2.24) is 0 Å². The highest BCUT2D eigenvalue weighted by atomic mass is 32.1. The Kier molecular flexibility index (Phi) is 3.87. The van der Waals surface area contributed by atoms with Crippen molar-refractivity contribution in [2.24, 2.45) is 0 Å². The van der Waals surface area contributed by atoms with Gasteiger partial charge in [-0.25, -0.2) is 0 Å². The predicted octanol–water partition coefficient (Wildman–Crippen LogP) is 3.32. The fourth-order valence-electron chi connectivity index (χ4n) is 2.00. The van der Waals surface area contributed by atoms with Crippen molar-refractivity contribution >= 4 is 27.4 Å². The average molecular weight is 264 g/mol. The predicted molar refractivity (Wildman–Crippen MR) is 73.5 cm³/mol. The number of fused-ring (bicyclic) bond motifs is 1. The fourth-order valence-corrected chi connectivity index (χ4v) is 3.07. The largest absolute Gasteiger partial charge is 0.496 e. The van der Waals surface area contributed by atoms with E-state index in [9.17, 15) is 4.79 Å². The van der Waals surface area contributed by atoms with E-state index in [2.05, 4.69) is 0 Å². The maximum Gasteiger partial charge on any atom is 0.310 e. The number of carbonyl (C=O) groups is 1. The number of benzene rings is 1. The number of carbonyl (C=O) groups excluding carboxylic acids is 1. The van der Waals surface area contributed by atoms with Crippen LogP contribution in [0.1, 0.15) is 18.1 Å². The fraction of sp³-hybridized carbons (Fsp3) is 0.357. The summed E-state index contributed by atoms with van der Waals surface area (Å²) in [5.41, 5.74) is 2.15. The number of thiophene rings is 1. The minimum Gasteiger partial charge on any atom is -0.496 e. The SMILES string of the molecule is CCOC(=O)Cc1csc2c(C)c(OC)ccc12. The first-order valence-corrected chi connectivity index (χ1v) is 6.74. The summed E-state index contributed by atoms with van der Waals surface area (Å²) in [6.45, 7) is 4.28. The Bertz CT molecular complexity index is 572. The topological polar surface area (TPSA) is 35.5 Å². The van der Waals surface area contributed by atoms with Crippen molar-refractivity contribution in [2.45, 2.75) is 20.3 Å². The molecule has 0 aliphatic rings. The van der Waals surface area contributed by atoms with Gasteiger partial charge in [0, 0.05) is 10.3 Å². The molecule has 18 heavy (non-hydrogen) atoms. The van der Waals surface area contributed by atoms with Gasteiger partial charge in [-0.3, -0.25) is 4.79 Å². The van der Waals surface area contributed by atoms with Crippen LogP contribution in [0.25, 0.3) is 10.1 Å². The summed E-state index contributed by atoms with van der Waals surface area (Å²) in [5.74, 6) is 0.706. The van der Waals surface area contributed by atoms with Crippen molar-refractivity contribution in [3.63, 3.8) is 0 Å². The van der Waals surface area contributed by atoms with E-state index in [1.807, 2.05) is 31.4 Å². The number of hydrogen-bond donors (Lipinski definition) is 0. The third-order valence-electron chi connectivity index (χ3n) is 2.88. The average Bonchev–Trinajstić information content (AvgIpc) is 2.74. The molecule has 0 saturated heterocycles. The molecule has 0 bridgehead atoms. The second kappa shape index (κ2) is 5.40. The van der Waals surface area contributed by atoms with E-state index in [0.29, 0.717) is 13.0 Å². The number of hydrogen-bond acceptors (Lipinski definition) is 4. The van der Waals surface area contributed by atoms with Gasteiger partial charge in [0.25, 0.3) is 0 Å². The van der Waals surface area contributed by atoms with Gasteiger partial charge in [0.15, 0.2) is 0 Å². The zero-order chi connectivity index (χ0) is 13.1. The summed E-state index contributed by atoms with van der Waals surface area (Å²) in [6.07, 6.45) is 0.333. The van der Waals surface area contributed by atoms with Gasteiger partial charge in [-0.2, -0.15) is 0 Å². The lowest BCUT2D eigenvalue weighted by atomic mass is 10.1. The molecule has 0 amide bonds. The molecule has 0 aliphatic heterocycles. The lowest BCUT2D eigenvalue weighted by Gasteiger charge is -2.06. The van der Waals surface area contributed by atoms with Crippen LogP contribution in [0.5, 0.6) is 5.75 Å². The van der Waals surface area contributed by atoms with Gasteiger partial charge in [0.1, 0.15) is 5.75 Å². The zero-order valence-corrected chi connectivity index (χ0v) is 11.6. The van der Waals surface area contributed by atoms with Gasteiger partial charge >= 0.3 is 5.97 Å². The van der Waals surface area contributed by atoms with Crippen molar-refractivity contribution in [3.05, 3.63) is 28.6 Å². The highest BCUT2D eigenvalue weighted by molar-refractivity contribution is 7.17. The van der Waals surface area contributed by atoms with E-state index < -0.39 is 0 Å². The molecule has 1 aromatic heterocycles. The minimum absolute atomic E-state index is 0.175. The number of aryl methyl sites for hydroxylation is 1. The van der Waals surface area contributed by atoms with Crippen LogP contribution in [0.4, 0.5) is 0 Å². The van der Waals surface area contributed by atoms with Gasteiger partial charge in [-0.15, -0.1) is 11.3 Å². The number of ether oxygens (including phenoxy) is 2. The summed E-state index contributed by atoms with van der Waals surface area (Å²) in [5, 5.41) is 3.14. The van der Waals surface area contributed by atoms with Gasteiger partial charge < -0.3 is 9.47 Å². The number of methoxy groups -OCH3 is 1. The van der Waals surface area contributed by atoms with Crippen LogP contribution < -0.4 is 4.74 Å². The molecule has 0 atom stereocenters. The first-order valence-electron chi connectivity index (χ1n) is 5.86. The van der Waals surface area contributed by atoms with Crippen molar-refractivity contribution in [1.29, 1.82) is 0 Å². The van der Waals surface area contributed by atoms with E-state index in [1.165, 1.54) is 4.70 Å². The Morgan fingerprint density at radius 3 is 2.83 bits per heavy atom. The Morgan fingerprint density at radius 2 is 2.17 bits per heavy atom. The summed E-state index contributed by atoms with van der Waals surface area (Å²) in [7, 11) is 1.67. The second-order valence-corrected chi connectivity index (χ2v) is 4.89. The maximum absolute atomic E-state index is 11.5. The smallest absolute Gasteiger partial charge is 0.310 e. The van der Waals surface area contributed by atoms with Gasteiger partial charge in [0.05, 0.1) is 20.1 Å². The molecular weight excluding hydrogens is 248 g/mol. The minimum atomic E-state index is -0.175. The van der Waals surface area contributed by atoms with Gasteiger partial charge in [0.2, 0.25) is 0 Å². The molecule has 1 aromatic carbocycles. The van der Waals surface area contributed by atoms with Crippen LogP contribution in [-0.4, -0.2) is 19.7 Å². The second-order valence-electron chi connectivity index (χ2n) is 4.01. The van der Waals surface area contributed by atoms with E-state index in [0.717, 1.165) is 22.3 Å². The zero-order valence-electron chi connectivity index (χ0n) is 10.8. The molecule has 0 fully saturated rings. The molecule has 96 valence electrons. The quantitative estimate of drug-likeness (QED) is 0.795. The lowest BCUT2D eigenvalue weighted by Crippen LogP contribution is -2.06. The van der Waals surface area contributed by atoms with Crippen LogP contribution >= 0.6 is 11.3 Å². The molecule has 0 spiro atoms. The van der Waals surface area contributed by atoms with E-state index in [1.54, 1.807) is 18.4 Å². The Hall–Kier alpha value is -1.55. The molecule has 0 unspecified atom stereocenters. The highest BCUT2D eigenvalue weighted by Crippen LogP contribution is 2.34. The summed E-state index contributed by atoms with van der Waals surface area (Å²) >= 11 is 1.64.